The molecule has 0 spiro atoms. The number of ether oxygens (including phenoxy) is 4. The fourth-order valence-corrected chi connectivity index (χ4v) is 2.21. The zero-order chi connectivity index (χ0) is 23.9. The molecule has 0 fully saturated rings. The molecule has 164 valence electrons. The number of terminal acetylenes is 3. The molecule has 8 heteroatoms. The molecule has 0 saturated heterocycles. The van der Waals surface area contributed by atoms with Crippen molar-refractivity contribution in [3.05, 3.63) is 52.1 Å². The zero-order valence-corrected chi connectivity index (χ0v) is 17.6. The highest BCUT2D eigenvalue weighted by Gasteiger charge is 2.20. The van der Waals surface area contributed by atoms with E-state index in [4.69, 9.17) is 38.2 Å². The van der Waals surface area contributed by atoms with Gasteiger partial charge in [0.05, 0.1) is 10.5 Å². The lowest BCUT2D eigenvalue weighted by molar-refractivity contribution is -0.384. The smallest absolute Gasteiger partial charge is 0.343 e. The lowest BCUT2D eigenvalue weighted by Crippen LogP contribution is -2.11. The first kappa shape index (κ1) is 25.4. The summed E-state index contributed by atoms with van der Waals surface area (Å²) in [4.78, 5) is 22.8. The topological polar surface area (TPSA) is 97.1 Å². The molecule has 0 amide bonds. The SMILES string of the molecule is C#CCOc1cc(C(=O)Oc2ccc([N+](=O)[O-])cc2)cc(OCC#C)c1OCC#C.CC. The Hall–Kier alpha value is -4.61. The van der Waals surface area contributed by atoms with E-state index in [9.17, 15) is 14.9 Å². The number of nitrogens with zero attached hydrogens (tertiary/aromatic N) is 1. The highest BCUT2D eigenvalue weighted by Crippen LogP contribution is 2.39. The first-order valence-corrected chi connectivity index (χ1v) is 9.33. The predicted molar refractivity (Wildman–Crippen MR) is 119 cm³/mol. The summed E-state index contributed by atoms with van der Waals surface area (Å²) in [7, 11) is 0. The maximum absolute atomic E-state index is 12.6. The third kappa shape index (κ3) is 7.33. The number of hydrogen-bond donors (Lipinski definition) is 0. The largest absolute Gasteiger partial charge is 0.477 e. The van der Waals surface area contributed by atoms with Crippen LogP contribution in [-0.4, -0.2) is 30.7 Å². The zero-order valence-electron chi connectivity index (χ0n) is 17.6. The highest BCUT2D eigenvalue weighted by molar-refractivity contribution is 5.92. The Labute approximate surface area is 186 Å². The number of carbonyl (C=O) groups excluding carboxylic acids is 1. The molecule has 0 aromatic heterocycles. The van der Waals surface area contributed by atoms with Crippen molar-refractivity contribution in [2.45, 2.75) is 13.8 Å². The van der Waals surface area contributed by atoms with E-state index in [1.165, 1.54) is 36.4 Å². The fourth-order valence-electron chi connectivity index (χ4n) is 2.21. The summed E-state index contributed by atoms with van der Waals surface area (Å²) in [6.45, 7) is 3.69. The number of benzene rings is 2. The molecule has 0 radical (unpaired) electrons. The van der Waals surface area contributed by atoms with E-state index in [0.717, 1.165) is 0 Å². The molecule has 0 atom stereocenters. The minimum atomic E-state index is -0.775. The Morgan fingerprint density at radius 2 is 1.38 bits per heavy atom. The lowest BCUT2D eigenvalue weighted by atomic mass is 10.1. The van der Waals surface area contributed by atoms with Crippen LogP contribution in [0.4, 0.5) is 5.69 Å². The van der Waals surface area contributed by atoms with Crippen LogP contribution < -0.4 is 18.9 Å². The summed E-state index contributed by atoms with van der Waals surface area (Å²) in [5.74, 6) is 6.59. The van der Waals surface area contributed by atoms with Gasteiger partial charge in [-0.1, -0.05) is 31.6 Å². The molecular formula is C24H21NO7. The Bertz CT molecular complexity index is 1010. The summed E-state index contributed by atoms with van der Waals surface area (Å²) in [5.41, 5.74) is -0.0970. The van der Waals surface area contributed by atoms with E-state index in [0.29, 0.717) is 0 Å². The van der Waals surface area contributed by atoms with E-state index in [1.54, 1.807) is 0 Å². The van der Waals surface area contributed by atoms with Gasteiger partial charge in [-0.15, -0.1) is 19.3 Å². The van der Waals surface area contributed by atoms with Crippen molar-refractivity contribution in [2.75, 3.05) is 19.8 Å². The Morgan fingerprint density at radius 3 is 1.81 bits per heavy atom. The summed E-state index contributed by atoms with van der Waals surface area (Å²) in [6.07, 6.45) is 15.7. The van der Waals surface area contributed by atoms with Gasteiger partial charge in [-0.25, -0.2) is 4.79 Å². The predicted octanol–water partition coefficient (Wildman–Crippen LogP) is 3.88. The van der Waals surface area contributed by atoms with Gasteiger partial charge in [-0.3, -0.25) is 10.1 Å². The van der Waals surface area contributed by atoms with Crippen LogP contribution in [0.3, 0.4) is 0 Å². The summed E-state index contributed by atoms with van der Waals surface area (Å²) >= 11 is 0. The summed E-state index contributed by atoms with van der Waals surface area (Å²) < 4.78 is 21.6. The normalized spacial score (nSPS) is 8.97. The van der Waals surface area contributed by atoms with Gasteiger partial charge in [0, 0.05) is 12.1 Å². The number of non-ortho nitro benzene ring substituents is 1. The first-order chi connectivity index (χ1) is 15.5. The summed E-state index contributed by atoms with van der Waals surface area (Å²) in [5, 5.41) is 10.7. The van der Waals surface area contributed by atoms with Crippen molar-refractivity contribution < 1.29 is 28.7 Å². The van der Waals surface area contributed by atoms with Gasteiger partial charge in [0.25, 0.3) is 5.69 Å². The van der Waals surface area contributed by atoms with Gasteiger partial charge < -0.3 is 18.9 Å². The van der Waals surface area contributed by atoms with Gasteiger partial charge in [0.15, 0.2) is 11.5 Å². The minimum Gasteiger partial charge on any atom is -0.477 e. The standard InChI is InChI=1S/C22H15NO7.C2H6/c1-4-11-27-19-14-16(15-20(28-12-5-2)21(19)29-13-6-3)22(24)30-18-9-7-17(8-10-18)23(25)26;1-2/h1-3,7-10,14-15H,11-13H2;1-2H3. The van der Waals surface area contributed by atoms with Crippen LogP contribution in [0.5, 0.6) is 23.0 Å². The molecule has 2 rings (SSSR count). The Balaban J connectivity index is 0.00000249. The average Bonchev–Trinajstić information content (AvgIpc) is 2.81. The molecule has 8 nitrogen and oxygen atoms in total. The van der Waals surface area contributed by atoms with E-state index in [-0.39, 0.29) is 54.1 Å². The van der Waals surface area contributed by atoms with E-state index in [1.807, 2.05) is 13.8 Å². The molecule has 0 N–H and O–H groups in total. The van der Waals surface area contributed by atoms with Crippen molar-refractivity contribution in [3.8, 4) is 60.0 Å². The highest BCUT2D eigenvalue weighted by atomic mass is 16.6. The Kier molecular flexibility index (Phi) is 10.8. The van der Waals surface area contributed by atoms with Crippen LogP contribution in [0.1, 0.15) is 24.2 Å². The third-order valence-corrected chi connectivity index (χ3v) is 3.44. The lowest BCUT2D eigenvalue weighted by Gasteiger charge is -2.16. The van der Waals surface area contributed by atoms with Gasteiger partial charge >= 0.3 is 5.97 Å². The molecule has 0 aliphatic heterocycles. The van der Waals surface area contributed by atoms with Crippen LogP contribution in [0, 0.1) is 47.1 Å². The van der Waals surface area contributed by atoms with Crippen molar-refractivity contribution in [1.29, 1.82) is 0 Å². The molecule has 2 aromatic rings. The van der Waals surface area contributed by atoms with Gasteiger partial charge in [-0.2, -0.15) is 0 Å². The van der Waals surface area contributed by atoms with Gasteiger partial charge in [-0.05, 0) is 24.3 Å². The van der Waals surface area contributed by atoms with Crippen molar-refractivity contribution >= 4 is 11.7 Å². The quantitative estimate of drug-likeness (QED) is 0.194. The number of esters is 1. The van der Waals surface area contributed by atoms with Crippen LogP contribution >= 0.6 is 0 Å². The molecule has 0 aliphatic carbocycles. The molecular weight excluding hydrogens is 414 g/mol. The molecule has 0 bridgehead atoms. The van der Waals surface area contributed by atoms with Crippen LogP contribution in [0.25, 0.3) is 0 Å². The molecule has 0 heterocycles. The maximum Gasteiger partial charge on any atom is 0.343 e. The monoisotopic (exact) mass is 435 g/mol. The van der Waals surface area contributed by atoms with Gasteiger partial charge in [0.1, 0.15) is 25.6 Å². The second-order valence-electron chi connectivity index (χ2n) is 5.42. The minimum absolute atomic E-state index is 0.0421. The number of carbonyl (C=O) groups is 1. The van der Waals surface area contributed by atoms with Crippen molar-refractivity contribution in [3.63, 3.8) is 0 Å². The van der Waals surface area contributed by atoms with Crippen LogP contribution in [0.15, 0.2) is 36.4 Å². The third-order valence-electron chi connectivity index (χ3n) is 3.44. The number of hydrogen-bond acceptors (Lipinski definition) is 7. The van der Waals surface area contributed by atoms with E-state index >= 15 is 0 Å². The average molecular weight is 435 g/mol. The number of nitro benzene ring substituents is 1. The number of rotatable bonds is 9. The van der Waals surface area contributed by atoms with Crippen molar-refractivity contribution in [2.24, 2.45) is 0 Å². The fraction of sp³-hybridized carbons (Fsp3) is 0.208. The van der Waals surface area contributed by atoms with Crippen LogP contribution in [0.2, 0.25) is 0 Å². The van der Waals surface area contributed by atoms with Crippen LogP contribution in [-0.2, 0) is 0 Å². The summed E-state index contributed by atoms with van der Waals surface area (Å²) in [6, 6.07) is 7.71. The molecule has 0 unspecified atom stereocenters. The van der Waals surface area contributed by atoms with Crippen molar-refractivity contribution in [1.82, 2.24) is 0 Å². The first-order valence-electron chi connectivity index (χ1n) is 9.33. The molecule has 0 aliphatic rings. The second kappa shape index (κ2) is 13.6. The Morgan fingerprint density at radius 1 is 0.906 bits per heavy atom. The van der Waals surface area contributed by atoms with E-state index in [2.05, 4.69) is 17.8 Å². The second-order valence-corrected chi connectivity index (χ2v) is 5.42. The maximum atomic E-state index is 12.6. The van der Waals surface area contributed by atoms with E-state index < -0.39 is 10.9 Å². The molecule has 2 aromatic carbocycles. The molecule has 0 saturated carbocycles. The number of nitro groups is 1. The van der Waals surface area contributed by atoms with Gasteiger partial charge in [0.2, 0.25) is 5.75 Å². The molecule has 32 heavy (non-hydrogen) atoms.